The number of nitro benzene ring substituents is 1. The summed E-state index contributed by atoms with van der Waals surface area (Å²) in [4.78, 5) is 14.7. The number of rotatable bonds is 3. The van der Waals surface area contributed by atoms with Crippen molar-refractivity contribution < 1.29 is 4.92 Å². The van der Waals surface area contributed by atoms with Crippen LogP contribution in [0.1, 0.15) is 11.1 Å². The van der Waals surface area contributed by atoms with Gasteiger partial charge >= 0.3 is 0 Å². The zero-order valence-corrected chi connectivity index (χ0v) is 12.2. The van der Waals surface area contributed by atoms with E-state index in [1.165, 1.54) is 24.4 Å². The van der Waals surface area contributed by atoms with E-state index < -0.39 is 4.92 Å². The van der Waals surface area contributed by atoms with Gasteiger partial charge in [0.2, 0.25) is 0 Å². The molecule has 114 valence electrons. The van der Waals surface area contributed by atoms with Crippen LogP contribution < -0.4 is 5.32 Å². The molecule has 0 unspecified atom stereocenters. The molecule has 7 heteroatoms. The van der Waals surface area contributed by atoms with Crippen LogP contribution in [0.15, 0.2) is 48.7 Å². The first-order valence-corrected chi connectivity index (χ1v) is 6.87. The number of nitrogens with zero attached hydrogens (tertiary/aromatic N) is 4. The minimum atomic E-state index is -0.501. The molecule has 1 N–H and O–H groups in total. The molecule has 7 nitrogen and oxygen atoms in total. The number of nitrogens with one attached hydrogen (secondary N) is 1. The summed E-state index contributed by atoms with van der Waals surface area (Å²) in [7, 11) is 0. The summed E-state index contributed by atoms with van der Waals surface area (Å²) in [6.07, 6.45) is 1.41. The van der Waals surface area contributed by atoms with Gasteiger partial charge in [-0.15, -0.1) is 0 Å². The SMILES string of the molecule is N#Cc1cccc(Nc2c(C#N)cnc3ccc([N+](=O)[O-])cc23)c1. The largest absolute Gasteiger partial charge is 0.354 e. The standard InChI is InChI=1S/C17H9N5O2/c18-8-11-2-1-3-13(6-11)21-17-12(9-19)10-20-16-5-4-14(22(23)24)7-15(16)17/h1-7,10H,(H,20,21). The first kappa shape index (κ1) is 14.9. The van der Waals surface area contributed by atoms with Gasteiger partial charge < -0.3 is 5.32 Å². The van der Waals surface area contributed by atoms with Crippen LogP contribution in [-0.4, -0.2) is 9.91 Å². The van der Waals surface area contributed by atoms with E-state index >= 15 is 0 Å². The van der Waals surface area contributed by atoms with E-state index in [4.69, 9.17) is 5.26 Å². The maximum absolute atomic E-state index is 11.0. The predicted molar refractivity (Wildman–Crippen MR) is 87.6 cm³/mol. The number of fused-ring (bicyclic) bond motifs is 1. The van der Waals surface area contributed by atoms with E-state index in [-0.39, 0.29) is 11.3 Å². The summed E-state index contributed by atoms with van der Waals surface area (Å²) in [5.41, 5.74) is 2.17. The van der Waals surface area contributed by atoms with E-state index in [1.807, 2.05) is 12.1 Å². The van der Waals surface area contributed by atoms with Gasteiger partial charge in [0.05, 0.1) is 33.3 Å². The van der Waals surface area contributed by atoms with Crippen LogP contribution in [0.25, 0.3) is 10.9 Å². The van der Waals surface area contributed by atoms with Crippen LogP contribution in [0.3, 0.4) is 0 Å². The molecule has 0 fully saturated rings. The zero-order chi connectivity index (χ0) is 17.1. The number of benzene rings is 2. The third-order valence-corrected chi connectivity index (χ3v) is 3.44. The second-order valence-electron chi connectivity index (χ2n) is 4.93. The van der Waals surface area contributed by atoms with E-state index in [2.05, 4.69) is 10.3 Å². The number of pyridine rings is 1. The molecular formula is C17H9N5O2. The lowest BCUT2D eigenvalue weighted by atomic mass is 10.1. The fourth-order valence-electron chi connectivity index (χ4n) is 2.32. The summed E-state index contributed by atoms with van der Waals surface area (Å²) in [5, 5.41) is 32.9. The van der Waals surface area contributed by atoms with Crippen molar-refractivity contribution >= 4 is 28.0 Å². The highest BCUT2D eigenvalue weighted by Gasteiger charge is 2.14. The highest BCUT2D eigenvalue weighted by atomic mass is 16.6. The molecule has 0 aliphatic carbocycles. The summed E-state index contributed by atoms with van der Waals surface area (Å²) in [5.74, 6) is 0. The van der Waals surface area contributed by atoms with Gasteiger partial charge in [-0.05, 0) is 24.3 Å². The van der Waals surface area contributed by atoms with Crippen LogP contribution in [0, 0.1) is 32.8 Å². The smallest absolute Gasteiger partial charge is 0.270 e. The molecular weight excluding hydrogens is 306 g/mol. The van der Waals surface area contributed by atoms with Crippen LogP contribution >= 0.6 is 0 Å². The average Bonchev–Trinajstić information content (AvgIpc) is 2.61. The Morgan fingerprint density at radius 3 is 2.67 bits per heavy atom. The molecule has 2 aromatic carbocycles. The average molecular weight is 315 g/mol. The summed E-state index contributed by atoms with van der Waals surface area (Å²) >= 11 is 0. The lowest BCUT2D eigenvalue weighted by molar-refractivity contribution is -0.384. The van der Waals surface area contributed by atoms with Crippen molar-refractivity contribution in [3.63, 3.8) is 0 Å². The van der Waals surface area contributed by atoms with Crippen molar-refractivity contribution in [2.24, 2.45) is 0 Å². The van der Waals surface area contributed by atoms with E-state index in [1.54, 1.807) is 24.3 Å². The van der Waals surface area contributed by atoms with Crippen molar-refractivity contribution in [2.45, 2.75) is 0 Å². The van der Waals surface area contributed by atoms with Crippen molar-refractivity contribution in [1.29, 1.82) is 10.5 Å². The van der Waals surface area contributed by atoms with Gasteiger partial charge in [-0.1, -0.05) is 6.07 Å². The van der Waals surface area contributed by atoms with E-state index in [0.29, 0.717) is 27.8 Å². The Bertz CT molecular complexity index is 1050. The van der Waals surface area contributed by atoms with Crippen LogP contribution in [0.2, 0.25) is 0 Å². The quantitative estimate of drug-likeness (QED) is 0.582. The predicted octanol–water partition coefficient (Wildman–Crippen LogP) is 3.63. The van der Waals surface area contributed by atoms with Gasteiger partial charge in [0.15, 0.2) is 0 Å². The highest BCUT2D eigenvalue weighted by molar-refractivity contribution is 5.97. The van der Waals surface area contributed by atoms with Gasteiger partial charge in [0, 0.05) is 29.4 Å². The molecule has 0 spiro atoms. The maximum atomic E-state index is 11.0. The van der Waals surface area contributed by atoms with Gasteiger partial charge in [0.25, 0.3) is 5.69 Å². The zero-order valence-electron chi connectivity index (χ0n) is 12.2. The number of anilines is 2. The molecule has 0 amide bonds. The third kappa shape index (κ3) is 2.70. The minimum Gasteiger partial charge on any atom is -0.354 e. The Morgan fingerprint density at radius 2 is 1.96 bits per heavy atom. The van der Waals surface area contributed by atoms with Crippen molar-refractivity contribution in [3.05, 3.63) is 69.9 Å². The third-order valence-electron chi connectivity index (χ3n) is 3.44. The van der Waals surface area contributed by atoms with Gasteiger partial charge in [-0.2, -0.15) is 10.5 Å². The second kappa shape index (κ2) is 6.03. The van der Waals surface area contributed by atoms with Gasteiger partial charge in [0.1, 0.15) is 6.07 Å². The number of hydrogen-bond donors (Lipinski definition) is 1. The van der Waals surface area contributed by atoms with Gasteiger partial charge in [-0.25, -0.2) is 0 Å². The Kier molecular flexibility index (Phi) is 3.76. The van der Waals surface area contributed by atoms with Crippen LogP contribution in [-0.2, 0) is 0 Å². The van der Waals surface area contributed by atoms with Crippen molar-refractivity contribution in [1.82, 2.24) is 4.98 Å². The molecule has 1 aromatic heterocycles. The molecule has 3 aromatic rings. The maximum Gasteiger partial charge on any atom is 0.270 e. The first-order valence-electron chi connectivity index (χ1n) is 6.87. The lowest BCUT2D eigenvalue weighted by Gasteiger charge is -2.11. The van der Waals surface area contributed by atoms with Crippen molar-refractivity contribution in [3.8, 4) is 12.1 Å². The van der Waals surface area contributed by atoms with E-state index in [0.717, 1.165) is 0 Å². The molecule has 0 saturated heterocycles. The van der Waals surface area contributed by atoms with Crippen LogP contribution in [0.4, 0.5) is 17.1 Å². The Labute approximate surface area is 136 Å². The van der Waals surface area contributed by atoms with Crippen molar-refractivity contribution in [2.75, 3.05) is 5.32 Å². The van der Waals surface area contributed by atoms with E-state index in [9.17, 15) is 15.4 Å². The molecule has 0 radical (unpaired) electrons. The minimum absolute atomic E-state index is 0.0896. The number of nitro groups is 1. The molecule has 0 saturated carbocycles. The monoisotopic (exact) mass is 315 g/mol. The highest BCUT2D eigenvalue weighted by Crippen LogP contribution is 2.31. The Morgan fingerprint density at radius 1 is 1.12 bits per heavy atom. The fraction of sp³-hybridized carbons (Fsp3) is 0. The number of nitriles is 2. The molecule has 3 rings (SSSR count). The number of hydrogen-bond acceptors (Lipinski definition) is 6. The lowest BCUT2D eigenvalue weighted by Crippen LogP contribution is -1.98. The first-order chi connectivity index (χ1) is 11.6. The summed E-state index contributed by atoms with van der Waals surface area (Å²) in [6, 6.07) is 15.1. The Balaban J connectivity index is 2.20. The molecule has 1 heterocycles. The molecule has 0 aliphatic heterocycles. The Hall–Kier alpha value is -3.97. The normalized spacial score (nSPS) is 9.92. The number of aromatic nitrogens is 1. The molecule has 0 atom stereocenters. The molecule has 24 heavy (non-hydrogen) atoms. The van der Waals surface area contributed by atoms with Gasteiger partial charge in [-0.3, -0.25) is 15.1 Å². The topological polar surface area (TPSA) is 116 Å². The second-order valence-corrected chi connectivity index (χ2v) is 4.93. The summed E-state index contributed by atoms with van der Waals surface area (Å²) < 4.78 is 0. The summed E-state index contributed by atoms with van der Waals surface area (Å²) in [6.45, 7) is 0. The number of non-ortho nitro benzene ring substituents is 1. The van der Waals surface area contributed by atoms with Crippen LogP contribution in [0.5, 0.6) is 0 Å². The fourth-order valence-corrected chi connectivity index (χ4v) is 2.32. The molecule has 0 bridgehead atoms. The molecule has 0 aliphatic rings.